The summed E-state index contributed by atoms with van der Waals surface area (Å²) >= 11 is 0. The molecule has 0 aliphatic carbocycles. The largest absolute Gasteiger partial charge is 0.491 e. The fraction of sp³-hybridized carbons (Fsp3) is 0.538. The number of hydrogen-bond donors (Lipinski definition) is 0. The van der Waals surface area contributed by atoms with E-state index in [4.69, 9.17) is 8.85 Å². The number of methoxy groups -OCH3 is 2. The third-order valence-corrected chi connectivity index (χ3v) is 3.52. The van der Waals surface area contributed by atoms with E-state index in [1.54, 1.807) is 0 Å². The van der Waals surface area contributed by atoms with E-state index in [2.05, 4.69) is 4.74 Å². The Hall–Kier alpha value is -1.57. The quantitative estimate of drug-likeness (QED) is 0.800. The van der Waals surface area contributed by atoms with Gasteiger partial charge in [-0.15, -0.1) is 0 Å². The topological polar surface area (TPSA) is 21.7 Å². The molecule has 3 nitrogen and oxygen atoms in total. The second-order valence-electron chi connectivity index (χ2n) is 4.68. The molecule has 1 aromatic carbocycles. The molecule has 0 aromatic heterocycles. The number of rotatable bonds is 3. The van der Waals surface area contributed by atoms with Crippen molar-refractivity contribution in [3.05, 3.63) is 23.8 Å². The summed E-state index contributed by atoms with van der Waals surface area (Å²) < 4.78 is 97.2. The summed E-state index contributed by atoms with van der Waals surface area (Å²) in [5, 5.41) is 0. The molecule has 1 fully saturated rings. The summed E-state index contributed by atoms with van der Waals surface area (Å²) in [4.78, 5) is 1.06. The standard InChI is InChI=1S/C13H14F5NO2/c1-20-11-9(4-3-8(14)10(11)15)19-6-5-12(7-19,21-2)13(16,17)18/h3-4H,5-7H2,1-2H3/i2D3. The van der Waals surface area contributed by atoms with Crippen molar-refractivity contribution < 1.29 is 35.5 Å². The van der Waals surface area contributed by atoms with E-state index in [0.29, 0.717) is 0 Å². The molecule has 0 saturated carbocycles. The highest BCUT2D eigenvalue weighted by atomic mass is 19.4. The van der Waals surface area contributed by atoms with Gasteiger partial charge in [-0.05, 0) is 12.1 Å². The van der Waals surface area contributed by atoms with Gasteiger partial charge in [-0.3, -0.25) is 0 Å². The average molecular weight is 314 g/mol. The van der Waals surface area contributed by atoms with E-state index in [-0.39, 0.29) is 12.2 Å². The minimum Gasteiger partial charge on any atom is -0.491 e. The average Bonchev–Trinajstić information content (AvgIpc) is 2.84. The lowest BCUT2D eigenvalue weighted by atomic mass is 10.0. The van der Waals surface area contributed by atoms with Gasteiger partial charge in [0.2, 0.25) is 5.82 Å². The van der Waals surface area contributed by atoms with Crippen LogP contribution in [0, 0.1) is 11.6 Å². The molecule has 0 amide bonds. The van der Waals surface area contributed by atoms with Gasteiger partial charge < -0.3 is 14.4 Å². The predicted molar refractivity (Wildman–Crippen MR) is 65.5 cm³/mol. The zero-order chi connectivity index (χ0) is 18.3. The molecule has 0 radical (unpaired) electrons. The van der Waals surface area contributed by atoms with Crippen LogP contribution >= 0.6 is 0 Å². The van der Waals surface area contributed by atoms with Crippen LogP contribution in [0.5, 0.6) is 5.75 Å². The van der Waals surface area contributed by atoms with Crippen LogP contribution < -0.4 is 9.64 Å². The van der Waals surface area contributed by atoms with Gasteiger partial charge in [0.05, 0.1) is 23.5 Å². The van der Waals surface area contributed by atoms with Crippen LogP contribution in [0.2, 0.25) is 0 Å². The number of halogens is 5. The minimum absolute atomic E-state index is 0.114. The first kappa shape index (κ1) is 12.0. The smallest absolute Gasteiger partial charge is 0.419 e. The normalized spacial score (nSPS) is 25.4. The molecular formula is C13H14F5NO2. The lowest BCUT2D eigenvalue weighted by Gasteiger charge is -2.30. The van der Waals surface area contributed by atoms with Gasteiger partial charge in [0.25, 0.3) is 0 Å². The molecule has 1 saturated heterocycles. The SMILES string of the molecule is [2H]C([2H])([2H])OC1(C(F)(F)F)CCN(c2ccc(F)c(F)c2OC)C1. The van der Waals surface area contributed by atoms with E-state index >= 15 is 0 Å². The zero-order valence-electron chi connectivity index (χ0n) is 13.9. The molecule has 1 aliphatic heterocycles. The highest BCUT2D eigenvalue weighted by Gasteiger charge is 2.59. The van der Waals surface area contributed by atoms with E-state index in [1.807, 2.05) is 0 Å². The molecule has 1 unspecified atom stereocenters. The summed E-state index contributed by atoms with van der Waals surface area (Å²) in [6.07, 6.45) is -5.63. The van der Waals surface area contributed by atoms with Crippen LogP contribution in [-0.4, -0.2) is 39.0 Å². The van der Waals surface area contributed by atoms with E-state index in [0.717, 1.165) is 24.1 Å². The van der Waals surface area contributed by atoms with Crippen molar-refractivity contribution in [2.45, 2.75) is 18.2 Å². The van der Waals surface area contributed by atoms with Gasteiger partial charge in [0, 0.05) is 20.0 Å². The van der Waals surface area contributed by atoms with Crippen LogP contribution in [-0.2, 0) is 4.74 Å². The Morgan fingerprint density at radius 2 is 2.05 bits per heavy atom. The first-order valence-corrected chi connectivity index (χ1v) is 5.94. The van der Waals surface area contributed by atoms with Crippen molar-refractivity contribution in [1.82, 2.24) is 0 Å². The van der Waals surface area contributed by atoms with Gasteiger partial charge in [-0.25, -0.2) is 4.39 Å². The zero-order valence-corrected chi connectivity index (χ0v) is 10.9. The molecule has 2 rings (SSSR count). The molecule has 0 bridgehead atoms. The molecule has 8 heteroatoms. The maximum Gasteiger partial charge on any atom is 0.419 e. The van der Waals surface area contributed by atoms with Crippen LogP contribution in [0.3, 0.4) is 0 Å². The number of alkyl halides is 3. The van der Waals surface area contributed by atoms with Crippen molar-refractivity contribution in [1.29, 1.82) is 0 Å². The Balaban J connectivity index is 2.39. The molecule has 0 N–H and O–H groups in total. The first-order chi connectivity index (χ1) is 10.9. The molecule has 1 heterocycles. The Bertz CT molecular complexity index is 623. The van der Waals surface area contributed by atoms with Crippen LogP contribution in [0.4, 0.5) is 27.6 Å². The minimum atomic E-state index is -4.96. The van der Waals surface area contributed by atoms with Crippen molar-refractivity contribution in [2.24, 2.45) is 0 Å². The molecule has 1 atom stereocenters. The third kappa shape index (κ3) is 2.52. The molecule has 118 valence electrons. The Labute approximate surface area is 122 Å². The summed E-state index contributed by atoms with van der Waals surface area (Å²) in [6, 6.07) is 1.82. The molecule has 21 heavy (non-hydrogen) atoms. The van der Waals surface area contributed by atoms with E-state index in [9.17, 15) is 22.0 Å². The summed E-state index contributed by atoms with van der Waals surface area (Å²) in [5.74, 6) is -3.10. The molecular weight excluding hydrogens is 297 g/mol. The number of ether oxygens (including phenoxy) is 2. The molecule has 1 aliphatic rings. The van der Waals surface area contributed by atoms with Crippen LogP contribution in [0.1, 0.15) is 10.5 Å². The van der Waals surface area contributed by atoms with Gasteiger partial charge in [-0.1, -0.05) is 0 Å². The summed E-state index contributed by atoms with van der Waals surface area (Å²) in [6.45, 7) is -1.15. The van der Waals surface area contributed by atoms with Gasteiger partial charge in [0.1, 0.15) is 0 Å². The monoisotopic (exact) mass is 314 g/mol. The van der Waals surface area contributed by atoms with Gasteiger partial charge in [0.15, 0.2) is 17.2 Å². The van der Waals surface area contributed by atoms with Gasteiger partial charge in [-0.2, -0.15) is 17.6 Å². The Morgan fingerprint density at radius 1 is 1.33 bits per heavy atom. The van der Waals surface area contributed by atoms with E-state index in [1.165, 1.54) is 0 Å². The van der Waals surface area contributed by atoms with Crippen molar-refractivity contribution >= 4 is 5.69 Å². The number of benzene rings is 1. The number of hydrogen-bond acceptors (Lipinski definition) is 3. The summed E-state index contributed by atoms with van der Waals surface area (Å²) in [7, 11) is -2.21. The van der Waals surface area contributed by atoms with Crippen molar-refractivity contribution in [3.63, 3.8) is 0 Å². The fourth-order valence-corrected chi connectivity index (χ4v) is 2.33. The highest BCUT2D eigenvalue weighted by Crippen LogP contribution is 2.44. The number of nitrogens with zero attached hydrogens (tertiary/aromatic N) is 1. The predicted octanol–water partition coefficient (Wildman–Crippen LogP) is 3.13. The van der Waals surface area contributed by atoms with Crippen LogP contribution in [0.25, 0.3) is 0 Å². The Morgan fingerprint density at radius 3 is 2.62 bits per heavy atom. The maximum absolute atomic E-state index is 13.7. The second kappa shape index (κ2) is 5.32. The number of anilines is 1. The Kier molecular flexibility index (Phi) is 3.05. The van der Waals surface area contributed by atoms with Crippen molar-refractivity contribution in [2.75, 3.05) is 32.1 Å². The fourth-order valence-electron chi connectivity index (χ4n) is 2.33. The van der Waals surface area contributed by atoms with E-state index < -0.39 is 49.2 Å². The van der Waals surface area contributed by atoms with Crippen LogP contribution in [0.15, 0.2) is 12.1 Å². The maximum atomic E-state index is 13.7. The second-order valence-corrected chi connectivity index (χ2v) is 4.68. The lowest BCUT2D eigenvalue weighted by molar-refractivity contribution is -0.260. The lowest BCUT2D eigenvalue weighted by Crippen LogP contribution is -2.49. The third-order valence-electron chi connectivity index (χ3n) is 3.52. The van der Waals surface area contributed by atoms with Gasteiger partial charge >= 0.3 is 6.18 Å². The first-order valence-electron chi connectivity index (χ1n) is 7.44. The molecule has 1 aromatic rings. The molecule has 0 spiro atoms. The summed E-state index contributed by atoms with van der Waals surface area (Å²) in [5.41, 5.74) is -3.05. The highest BCUT2D eigenvalue weighted by molar-refractivity contribution is 5.60. The van der Waals surface area contributed by atoms with Crippen molar-refractivity contribution in [3.8, 4) is 5.75 Å².